The minimum Gasteiger partial charge on any atom is -0.386 e. The van der Waals surface area contributed by atoms with E-state index in [4.69, 9.17) is 10.7 Å². The number of aromatic nitrogens is 6. The molecule has 2 aromatic carbocycles. The number of β-amino-alcohol motifs (C(OH)–C–C–N with tert-alkyl or cyclic N) is 1. The number of nitrogens with zero attached hydrogens (tertiary/aromatic N) is 7. The number of nitrogens with two attached hydrogens (primary N) is 1. The van der Waals surface area contributed by atoms with Crippen LogP contribution in [0.3, 0.4) is 0 Å². The standard InChI is InChI=1S/C36H30F7N9O2S/c1-34(54)13-51(14-34)33-47-32-24(55-33)11-20(18-4-3-5-19-28(18)50(2)49-31(19)44)27(46-32)23(8-15-6-16(37)9-17(38)7-15)45-25(53)12-52-30-26(29(48-52)36(41,42)43)21-10-22(21)35(30,39)40/h3-7,9,11,21-23,54H,8,10,12-14H2,1-2H3,(H2,44,49)(H,45,53)/t21-,22+,23-/m0/s1. The van der Waals surface area contributed by atoms with Crippen LogP contribution in [0.1, 0.15) is 53.5 Å². The molecule has 286 valence electrons. The maximum absolute atomic E-state index is 15.4. The first-order chi connectivity index (χ1) is 25.9. The number of anilines is 2. The number of carbonyl (C=O) groups is 1. The fraction of sp³-hybridized carbons (Fsp3) is 0.361. The van der Waals surface area contributed by atoms with Crippen molar-refractivity contribution in [2.24, 2.45) is 13.0 Å². The van der Waals surface area contributed by atoms with Gasteiger partial charge in [-0.15, -0.1) is 0 Å². The van der Waals surface area contributed by atoms with E-state index in [1.807, 2.05) is 4.90 Å². The molecular formula is C36H30F7N9O2S. The lowest BCUT2D eigenvalue weighted by atomic mass is 9.94. The number of hydrogen-bond donors (Lipinski definition) is 3. The third kappa shape index (κ3) is 5.85. The minimum absolute atomic E-state index is 0.0892. The number of nitrogens with one attached hydrogen (secondary N) is 1. The van der Waals surface area contributed by atoms with Crippen LogP contribution in [-0.2, 0) is 36.9 Å². The van der Waals surface area contributed by atoms with Crippen molar-refractivity contribution in [2.75, 3.05) is 23.7 Å². The van der Waals surface area contributed by atoms with Gasteiger partial charge < -0.3 is 21.1 Å². The molecule has 11 nitrogen and oxygen atoms in total. The number of aliphatic hydroxyl groups is 1. The predicted molar refractivity (Wildman–Crippen MR) is 187 cm³/mol. The molecule has 6 aromatic rings. The largest absolute Gasteiger partial charge is 0.435 e. The van der Waals surface area contributed by atoms with Crippen molar-refractivity contribution in [3.05, 3.63) is 82.3 Å². The average Bonchev–Trinajstić information content (AvgIpc) is 3.36. The van der Waals surface area contributed by atoms with E-state index < -0.39 is 76.6 Å². The van der Waals surface area contributed by atoms with Gasteiger partial charge in [0.25, 0.3) is 5.92 Å². The van der Waals surface area contributed by atoms with E-state index in [0.717, 1.165) is 12.1 Å². The summed E-state index contributed by atoms with van der Waals surface area (Å²) in [5, 5.41) is 22.1. The molecule has 0 spiro atoms. The Labute approximate surface area is 310 Å². The number of para-hydroxylation sites is 1. The zero-order chi connectivity index (χ0) is 38.9. The van der Waals surface area contributed by atoms with E-state index in [1.165, 1.54) is 11.3 Å². The molecule has 0 bridgehead atoms. The lowest BCUT2D eigenvalue weighted by molar-refractivity contribution is -0.142. The molecule has 1 saturated carbocycles. The molecule has 5 heterocycles. The summed E-state index contributed by atoms with van der Waals surface area (Å²) in [6.45, 7) is 1.32. The molecule has 3 aliphatic rings. The lowest BCUT2D eigenvalue weighted by Crippen LogP contribution is -2.60. The second-order valence-electron chi connectivity index (χ2n) is 14.7. The number of thiazole rings is 1. The summed E-state index contributed by atoms with van der Waals surface area (Å²) < 4.78 is 105. The van der Waals surface area contributed by atoms with Gasteiger partial charge in [0.05, 0.1) is 40.6 Å². The quantitative estimate of drug-likeness (QED) is 0.155. The highest BCUT2D eigenvalue weighted by molar-refractivity contribution is 7.22. The Hall–Kier alpha value is -5.30. The molecule has 1 saturated heterocycles. The van der Waals surface area contributed by atoms with Crippen LogP contribution in [-0.4, -0.2) is 59.2 Å². The number of carbonyl (C=O) groups excluding carboxylic acids is 1. The van der Waals surface area contributed by atoms with Crippen molar-refractivity contribution in [1.29, 1.82) is 0 Å². The lowest BCUT2D eigenvalue weighted by Gasteiger charge is -2.43. The van der Waals surface area contributed by atoms with Gasteiger partial charge in [-0.1, -0.05) is 23.5 Å². The maximum Gasteiger partial charge on any atom is 0.435 e. The highest BCUT2D eigenvalue weighted by atomic mass is 32.1. The minimum atomic E-state index is -5.04. The summed E-state index contributed by atoms with van der Waals surface area (Å²) in [5.41, 5.74) is 4.37. The Bertz CT molecular complexity index is 2550. The van der Waals surface area contributed by atoms with E-state index >= 15 is 8.78 Å². The van der Waals surface area contributed by atoms with Gasteiger partial charge in [-0.3, -0.25) is 14.2 Å². The van der Waals surface area contributed by atoms with Crippen LogP contribution in [0.25, 0.3) is 32.4 Å². The molecule has 2 aliphatic carbocycles. The molecule has 9 rings (SSSR count). The van der Waals surface area contributed by atoms with Gasteiger partial charge in [-0.05, 0) is 55.5 Å². The highest BCUT2D eigenvalue weighted by Crippen LogP contribution is 2.68. The van der Waals surface area contributed by atoms with E-state index in [1.54, 1.807) is 42.9 Å². The van der Waals surface area contributed by atoms with Gasteiger partial charge in [0, 0.05) is 41.1 Å². The Morgan fingerprint density at radius 1 is 1.09 bits per heavy atom. The van der Waals surface area contributed by atoms with E-state index in [2.05, 4.69) is 20.5 Å². The zero-order valence-electron chi connectivity index (χ0n) is 28.9. The maximum atomic E-state index is 15.4. The van der Waals surface area contributed by atoms with Crippen LogP contribution in [0.15, 0.2) is 42.5 Å². The smallest absolute Gasteiger partial charge is 0.386 e. The van der Waals surface area contributed by atoms with Gasteiger partial charge in [0.2, 0.25) is 5.91 Å². The summed E-state index contributed by atoms with van der Waals surface area (Å²) in [6.07, 6.45) is -5.44. The van der Waals surface area contributed by atoms with Crippen molar-refractivity contribution in [2.45, 2.75) is 56.0 Å². The molecule has 19 heteroatoms. The third-order valence-corrected chi connectivity index (χ3v) is 11.5. The van der Waals surface area contributed by atoms with E-state index in [0.29, 0.717) is 55.7 Å². The molecule has 1 aliphatic heterocycles. The molecule has 55 heavy (non-hydrogen) atoms. The Balaban J connectivity index is 1.18. The van der Waals surface area contributed by atoms with Crippen LogP contribution < -0.4 is 16.0 Å². The van der Waals surface area contributed by atoms with E-state index in [-0.39, 0.29) is 35.6 Å². The molecule has 1 amide bonds. The summed E-state index contributed by atoms with van der Waals surface area (Å²) >= 11 is 1.30. The van der Waals surface area contributed by atoms with Crippen LogP contribution in [0.5, 0.6) is 0 Å². The Kier molecular flexibility index (Phi) is 7.63. The second-order valence-corrected chi connectivity index (χ2v) is 15.8. The van der Waals surface area contributed by atoms with Crippen LogP contribution in [0.2, 0.25) is 0 Å². The van der Waals surface area contributed by atoms with Gasteiger partial charge in [-0.25, -0.2) is 13.8 Å². The van der Waals surface area contributed by atoms with Crippen molar-refractivity contribution in [1.82, 2.24) is 34.8 Å². The van der Waals surface area contributed by atoms with Gasteiger partial charge >= 0.3 is 6.18 Å². The van der Waals surface area contributed by atoms with E-state index in [9.17, 15) is 31.9 Å². The summed E-state index contributed by atoms with van der Waals surface area (Å²) in [4.78, 5) is 25.3. The molecule has 4 aromatic heterocycles. The number of alkyl halides is 5. The molecular weight excluding hydrogens is 756 g/mol. The Morgan fingerprint density at radius 3 is 2.51 bits per heavy atom. The number of aryl methyl sites for hydroxylation is 1. The highest BCUT2D eigenvalue weighted by Gasteiger charge is 2.68. The first kappa shape index (κ1) is 35.4. The average molecular weight is 786 g/mol. The van der Waals surface area contributed by atoms with Crippen LogP contribution >= 0.6 is 11.3 Å². The number of amides is 1. The Morgan fingerprint density at radius 2 is 1.82 bits per heavy atom. The monoisotopic (exact) mass is 785 g/mol. The second kappa shape index (κ2) is 11.8. The fourth-order valence-corrected chi connectivity index (χ4v) is 9.07. The number of rotatable bonds is 8. The number of nitrogen functional groups attached to an aromatic ring is 1. The molecule has 0 unspecified atom stereocenters. The molecule has 4 N–H and O–H groups in total. The number of hydrogen-bond acceptors (Lipinski definition) is 9. The SMILES string of the molecule is Cn1nc(N)c2cccc(-c3cc4sc(N5CC(C)(O)C5)nc4nc3[C@H](Cc3cc(F)cc(F)c3)NC(=O)Cn3nc(C(F)(F)F)c4c3C(F)(F)[C@@H]3C[C@H]43)c21. The van der Waals surface area contributed by atoms with Gasteiger partial charge in [-0.2, -0.15) is 37.1 Å². The normalized spacial score (nSPS) is 20.1. The number of benzene rings is 2. The van der Waals surface area contributed by atoms with Crippen LogP contribution in [0, 0.1) is 17.6 Å². The summed E-state index contributed by atoms with van der Waals surface area (Å²) in [5.74, 6) is -8.53. The molecule has 0 radical (unpaired) electrons. The topological polar surface area (TPSA) is 140 Å². The zero-order valence-corrected chi connectivity index (χ0v) is 29.7. The van der Waals surface area contributed by atoms with Crippen molar-refractivity contribution in [3.63, 3.8) is 0 Å². The van der Waals surface area contributed by atoms with Crippen LogP contribution in [0.4, 0.5) is 41.7 Å². The number of pyridine rings is 1. The van der Waals surface area contributed by atoms with Crippen molar-refractivity contribution < 1.29 is 40.6 Å². The first-order valence-corrected chi connectivity index (χ1v) is 18.0. The van der Waals surface area contributed by atoms with Crippen molar-refractivity contribution >= 4 is 49.4 Å². The van der Waals surface area contributed by atoms with Crippen molar-refractivity contribution in [3.8, 4) is 11.1 Å². The molecule has 3 atom stereocenters. The third-order valence-electron chi connectivity index (χ3n) is 10.4. The molecule has 2 fully saturated rings. The summed E-state index contributed by atoms with van der Waals surface area (Å²) in [6, 6.07) is 8.59. The first-order valence-electron chi connectivity index (χ1n) is 17.2. The fourth-order valence-electron chi connectivity index (χ4n) is 8.12. The summed E-state index contributed by atoms with van der Waals surface area (Å²) in [7, 11) is 1.68. The number of fused-ring (bicyclic) bond motifs is 5. The van der Waals surface area contributed by atoms with Gasteiger partial charge in [0.1, 0.15) is 23.9 Å². The number of halogens is 7. The van der Waals surface area contributed by atoms with Gasteiger partial charge in [0.15, 0.2) is 22.3 Å². The predicted octanol–water partition coefficient (Wildman–Crippen LogP) is 6.20.